The van der Waals surface area contributed by atoms with Crippen molar-refractivity contribution >= 4 is 5.96 Å². The lowest BCUT2D eigenvalue weighted by atomic mass is 9.77. The fourth-order valence-electron chi connectivity index (χ4n) is 2.27. The van der Waals surface area contributed by atoms with E-state index in [-0.39, 0.29) is 5.96 Å². The molecule has 0 bridgehead atoms. The van der Waals surface area contributed by atoms with Gasteiger partial charge in [0.05, 0.1) is 0 Å². The highest BCUT2D eigenvalue weighted by Crippen LogP contribution is 2.33. The Labute approximate surface area is 87.0 Å². The molecule has 1 aliphatic carbocycles. The minimum absolute atomic E-state index is 0.232. The molecule has 14 heavy (non-hydrogen) atoms. The Bertz CT molecular complexity index is 187. The highest BCUT2D eigenvalue weighted by molar-refractivity contribution is 5.75. The molecule has 3 heteroatoms. The van der Waals surface area contributed by atoms with E-state index in [9.17, 15) is 0 Å². The Kier molecular flexibility index (Phi) is 4.23. The average molecular weight is 197 g/mol. The molecule has 0 atom stereocenters. The van der Waals surface area contributed by atoms with Crippen molar-refractivity contribution in [2.45, 2.75) is 39.5 Å². The Morgan fingerprint density at radius 1 is 1.21 bits per heavy atom. The molecular weight excluding hydrogens is 174 g/mol. The van der Waals surface area contributed by atoms with Crippen LogP contribution in [0.15, 0.2) is 4.99 Å². The molecule has 0 aromatic rings. The lowest BCUT2D eigenvalue weighted by Gasteiger charge is -2.30. The van der Waals surface area contributed by atoms with Gasteiger partial charge in [-0.1, -0.05) is 13.8 Å². The van der Waals surface area contributed by atoms with E-state index in [0.717, 1.165) is 18.4 Å². The molecule has 1 saturated carbocycles. The van der Waals surface area contributed by atoms with Gasteiger partial charge in [0.15, 0.2) is 5.96 Å². The van der Waals surface area contributed by atoms with Gasteiger partial charge in [-0.05, 0) is 43.4 Å². The molecule has 3 nitrogen and oxygen atoms in total. The van der Waals surface area contributed by atoms with Crippen molar-refractivity contribution in [2.75, 3.05) is 6.54 Å². The van der Waals surface area contributed by atoms with Crippen LogP contribution in [0.4, 0.5) is 0 Å². The van der Waals surface area contributed by atoms with Crippen LogP contribution >= 0.6 is 0 Å². The summed E-state index contributed by atoms with van der Waals surface area (Å²) >= 11 is 0. The van der Waals surface area contributed by atoms with E-state index in [2.05, 4.69) is 18.8 Å². The maximum absolute atomic E-state index is 5.31. The van der Waals surface area contributed by atoms with E-state index in [1.165, 1.54) is 25.7 Å². The van der Waals surface area contributed by atoms with E-state index in [1.54, 1.807) is 0 Å². The normalized spacial score (nSPS) is 27.6. The Morgan fingerprint density at radius 3 is 2.21 bits per heavy atom. The zero-order valence-corrected chi connectivity index (χ0v) is 9.37. The van der Waals surface area contributed by atoms with Gasteiger partial charge >= 0.3 is 0 Å². The first-order valence-corrected chi connectivity index (χ1v) is 5.65. The van der Waals surface area contributed by atoms with Crippen molar-refractivity contribution in [2.24, 2.45) is 34.2 Å². The summed E-state index contributed by atoms with van der Waals surface area (Å²) in [7, 11) is 0. The minimum atomic E-state index is 0.232. The van der Waals surface area contributed by atoms with Crippen LogP contribution < -0.4 is 11.5 Å². The van der Waals surface area contributed by atoms with Gasteiger partial charge in [-0.3, -0.25) is 4.99 Å². The van der Waals surface area contributed by atoms with E-state index in [1.807, 2.05) is 0 Å². The summed E-state index contributed by atoms with van der Waals surface area (Å²) < 4.78 is 0. The molecule has 1 fully saturated rings. The van der Waals surface area contributed by atoms with Gasteiger partial charge in [0.1, 0.15) is 0 Å². The van der Waals surface area contributed by atoms with Crippen molar-refractivity contribution in [1.82, 2.24) is 0 Å². The first-order chi connectivity index (χ1) is 6.59. The summed E-state index contributed by atoms with van der Waals surface area (Å²) in [5.74, 6) is 2.70. The third-order valence-electron chi connectivity index (χ3n) is 3.37. The molecular formula is C11H23N3. The first-order valence-electron chi connectivity index (χ1n) is 5.65. The fraction of sp³-hybridized carbons (Fsp3) is 0.909. The lowest BCUT2D eigenvalue weighted by Crippen LogP contribution is -2.25. The number of hydrogen-bond donors (Lipinski definition) is 2. The largest absolute Gasteiger partial charge is 0.370 e. The zero-order chi connectivity index (χ0) is 10.6. The summed E-state index contributed by atoms with van der Waals surface area (Å²) in [5.41, 5.74) is 10.6. The van der Waals surface area contributed by atoms with Gasteiger partial charge in [0.2, 0.25) is 0 Å². The van der Waals surface area contributed by atoms with Crippen LogP contribution in [0.25, 0.3) is 0 Å². The van der Waals surface area contributed by atoms with Gasteiger partial charge in [-0.2, -0.15) is 0 Å². The van der Waals surface area contributed by atoms with Gasteiger partial charge in [-0.15, -0.1) is 0 Å². The molecule has 0 radical (unpaired) electrons. The number of hydrogen-bond acceptors (Lipinski definition) is 1. The van der Waals surface area contributed by atoms with Crippen LogP contribution in [-0.4, -0.2) is 12.5 Å². The van der Waals surface area contributed by atoms with E-state index >= 15 is 0 Å². The van der Waals surface area contributed by atoms with Crippen LogP contribution in [0.5, 0.6) is 0 Å². The molecule has 1 aliphatic rings. The maximum Gasteiger partial charge on any atom is 0.185 e. The van der Waals surface area contributed by atoms with Crippen LogP contribution in [0.3, 0.4) is 0 Å². The lowest BCUT2D eigenvalue weighted by molar-refractivity contribution is 0.228. The Morgan fingerprint density at radius 2 is 1.79 bits per heavy atom. The molecule has 0 amide bonds. The highest BCUT2D eigenvalue weighted by Gasteiger charge is 2.22. The molecule has 0 aliphatic heterocycles. The number of nitrogens with two attached hydrogens (primary N) is 2. The Balaban J connectivity index is 2.25. The van der Waals surface area contributed by atoms with Gasteiger partial charge < -0.3 is 11.5 Å². The maximum atomic E-state index is 5.31. The monoisotopic (exact) mass is 197 g/mol. The Hall–Kier alpha value is -0.730. The topological polar surface area (TPSA) is 64.4 Å². The second-order valence-corrected chi connectivity index (χ2v) is 4.79. The summed E-state index contributed by atoms with van der Waals surface area (Å²) in [6.45, 7) is 5.47. The predicted octanol–water partition coefficient (Wildman–Crippen LogP) is 1.72. The van der Waals surface area contributed by atoms with E-state index in [4.69, 9.17) is 11.5 Å². The van der Waals surface area contributed by atoms with Crippen molar-refractivity contribution in [3.8, 4) is 0 Å². The second kappa shape index (κ2) is 5.23. The second-order valence-electron chi connectivity index (χ2n) is 4.79. The quantitative estimate of drug-likeness (QED) is 0.534. The van der Waals surface area contributed by atoms with Crippen molar-refractivity contribution in [1.29, 1.82) is 0 Å². The number of aliphatic imine (C=N–C) groups is 1. The predicted molar refractivity (Wildman–Crippen MR) is 61.0 cm³/mol. The number of guanidine groups is 1. The average Bonchev–Trinajstić information content (AvgIpc) is 2.15. The summed E-state index contributed by atoms with van der Waals surface area (Å²) in [5, 5.41) is 0. The van der Waals surface area contributed by atoms with Crippen LogP contribution in [0.1, 0.15) is 39.5 Å². The molecule has 0 heterocycles. The standard InChI is InChI=1S/C11H23N3/c1-8(2)10-5-3-9(4-6-10)7-14-11(12)13/h8-10H,3-7H2,1-2H3,(H4,12,13,14). The molecule has 0 spiro atoms. The van der Waals surface area contributed by atoms with Gasteiger partial charge in [0.25, 0.3) is 0 Å². The highest BCUT2D eigenvalue weighted by atomic mass is 15.0. The van der Waals surface area contributed by atoms with Gasteiger partial charge in [0, 0.05) is 6.54 Å². The van der Waals surface area contributed by atoms with Crippen molar-refractivity contribution in [3.63, 3.8) is 0 Å². The molecule has 82 valence electrons. The van der Waals surface area contributed by atoms with Crippen LogP contribution in [-0.2, 0) is 0 Å². The molecule has 1 rings (SSSR count). The number of rotatable bonds is 3. The number of nitrogens with zero attached hydrogens (tertiary/aromatic N) is 1. The van der Waals surface area contributed by atoms with Crippen LogP contribution in [0.2, 0.25) is 0 Å². The van der Waals surface area contributed by atoms with E-state index < -0.39 is 0 Å². The van der Waals surface area contributed by atoms with Crippen LogP contribution in [0, 0.1) is 17.8 Å². The van der Waals surface area contributed by atoms with Gasteiger partial charge in [-0.25, -0.2) is 0 Å². The molecule has 0 saturated heterocycles. The molecule has 0 aromatic carbocycles. The van der Waals surface area contributed by atoms with Crippen molar-refractivity contribution < 1.29 is 0 Å². The summed E-state index contributed by atoms with van der Waals surface area (Å²) in [4.78, 5) is 4.09. The smallest absolute Gasteiger partial charge is 0.185 e. The van der Waals surface area contributed by atoms with E-state index in [0.29, 0.717) is 5.92 Å². The SMILES string of the molecule is CC(C)C1CCC(CN=C(N)N)CC1. The van der Waals surface area contributed by atoms with Crippen molar-refractivity contribution in [3.05, 3.63) is 0 Å². The summed E-state index contributed by atoms with van der Waals surface area (Å²) in [6.07, 6.45) is 5.28. The fourth-order valence-corrected chi connectivity index (χ4v) is 2.27. The molecule has 0 aromatic heterocycles. The summed E-state index contributed by atoms with van der Waals surface area (Å²) in [6, 6.07) is 0. The third kappa shape index (κ3) is 3.56. The molecule has 4 N–H and O–H groups in total. The third-order valence-corrected chi connectivity index (χ3v) is 3.37. The molecule has 0 unspecified atom stereocenters. The zero-order valence-electron chi connectivity index (χ0n) is 9.37. The minimum Gasteiger partial charge on any atom is -0.370 e. The first kappa shape index (κ1) is 11.3.